The van der Waals surface area contributed by atoms with Gasteiger partial charge in [-0.05, 0) is 32.0 Å². The molecule has 0 unspecified atom stereocenters. The lowest BCUT2D eigenvalue weighted by Crippen LogP contribution is -2.06. The largest absolute Gasteiger partial charge is 0.496 e. The first-order valence-electron chi connectivity index (χ1n) is 6.03. The highest BCUT2D eigenvalue weighted by Gasteiger charge is 2.12. The van der Waals surface area contributed by atoms with Gasteiger partial charge in [0.05, 0.1) is 26.0 Å². The molecule has 19 heavy (non-hydrogen) atoms. The van der Waals surface area contributed by atoms with Gasteiger partial charge in [0.25, 0.3) is 0 Å². The van der Waals surface area contributed by atoms with Gasteiger partial charge in [-0.3, -0.25) is 4.68 Å². The van der Waals surface area contributed by atoms with Crippen LogP contribution in [-0.2, 0) is 13.2 Å². The molecule has 4 nitrogen and oxygen atoms in total. The number of rotatable bonds is 4. The van der Waals surface area contributed by atoms with E-state index < -0.39 is 0 Å². The van der Waals surface area contributed by atoms with E-state index in [0.29, 0.717) is 11.6 Å². The van der Waals surface area contributed by atoms with E-state index in [4.69, 9.17) is 16.3 Å². The molecule has 0 aliphatic rings. The zero-order valence-electron chi connectivity index (χ0n) is 11.3. The van der Waals surface area contributed by atoms with Crippen LogP contribution in [0.3, 0.4) is 0 Å². The fourth-order valence-corrected chi connectivity index (χ4v) is 2.34. The summed E-state index contributed by atoms with van der Waals surface area (Å²) in [5, 5.41) is 14.4. The van der Waals surface area contributed by atoms with Gasteiger partial charge >= 0.3 is 0 Å². The number of nitrogens with zero attached hydrogens (tertiary/aromatic N) is 2. The predicted molar refractivity (Wildman–Crippen MR) is 74.7 cm³/mol. The van der Waals surface area contributed by atoms with Crippen LogP contribution in [0.2, 0.25) is 5.02 Å². The summed E-state index contributed by atoms with van der Waals surface area (Å²) >= 11 is 6.02. The van der Waals surface area contributed by atoms with E-state index in [1.54, 1.807) is 13.2 Å². The molecule has 0 bridgehead atoms. The molecule has 0 radical (unpaired) electrons. The van der Waals surface area contributed by atoms with Crippen molar-refractivity contribution >= 4 is 11.6 Å². The Balaban J connectivity index is 2.38. The Kier molecular flexibility index (Phi) is 4.12. The molecule has 2 aromatic rings. The highest BCUT2D eigenvalue weighted by molar-refractivity contribution is 6.30. The van der Waals surface area contributed by atoms with Crippen LogP contribution in [0.25, 0.3) is 0 Å². The lowest BCUT2D eigenvalue weighted by molar-refractivity contribution is 0.280. The molecule has 1 N–H and O–H groups in total. The molecule has 0 atom stereocenters. The standard InChI is InChI=1S/C14H17ClN2O2/c1-9-13(8-18)10(2)17(16-9)7-11-6-12(15)4-5-14(11)19-3/h4-6,18H,7-8H2,1-3H3. The molecule has 1 heterocycles. The first-order chi connectivity index (χ1) is 9.06. The molecular formula is C14H17ClN2O2. The minimum absolute atomic E-state index is 0.00431. The summed E-state index contributed by atoms with van der Waals surface area (Å²) in [5.41, 5.74) is 3.65. The number of aliphatic hydroxyl groups is 1. The van der Waals surface area contributed by atoms with Crippen LogP contribution in [0.1, 0.15) is 22.5 Å². The third-order valence-corrected chi connectivity index (χ3v) is 3.49. The summed E-state index contributed by atoms with van der Waals surface area (Å²) in [7, 11) is 1.63. The van der Waals surface area contributed by atoms with Crippen molar-refractivity contribution < 1.29 is 9.84 Å². The molecule has 1 aromatic carbocycles. The van der Waals surface area contributed by atoms with Gasteiger partial charge in [-0.25, -0.2) is 0 Å². The van der Waals surface area contributed by atoms with Gasteiger partial charge in [0, 0.05) is 21.8 Å². The number of hydrogen-bond acceptors (Lipinski definition) is 3. The van der Waals surface area contributed by atoms with Crippen molar-refractivity contribution in [2.75, 3.05) is 7.11 Å². The summed E-state index contributed by atoms with van der Waals surface area (Å²) in [4.78, 5) is 0. The number of aryl methyl sites for hydroxylation is 1. The topological polar surface area (TPSA) is 47.3 Å². The average Bonchev–Trinajstić information content (AvgIpc) is 2.64. The first-order valence-corrected chi connectivity index (χ1v) is 6.40. The predicted octanol–water partition coefficient (Wildman–Crippen LogP) is 2.70. The second-order valence-electron chi connectivity index (χ2n) is 4.42. The zero-order chi connectivity index (χ0) is 14.0. The van der Waals surface area contributed by atoms with Gasteiger partial charge in [-0.2, -0.15) is 5.10 Å². The number of aromatic nitrogens is 2. The normalized spacial score (nSPS) is 10.8. The van der Waals surface area contributed by atoms with Crippen molar-refractivity contribution in [3.63, 3.8) is 0 Å². The Morgan fingerprint density at radius 2 is 2.11 bits per heavy atom. The van der Waals surface area contributed by atoms with E-state index >= 15 is 0 Å². The fraction of sp³-hybridized carbons (Fsp3) is 0.357. The number of ether oxygens (including phenoxy) is 1. The first kappa shape index (κ1) is 13.9. The molecule has 5 heteroatoms. The Morgan fingerprint density at radius 3 is 2.68 bits per heavy atom. The van der Waals surface area contributed by atoms with Gasteiger partial charge in [-0.1, -0.05) is 11.6 Å². The molecule has 0 saturated heterocycles. The van der Waals surface area contributed by atoms with Crippen LogP contribution >= 0.6 is 11.6 Å². The molecule has 0 aliphatic carbocycles. The van der Waals surface area contributed by atoms with Crippen LogP contribution in [0.4, 0.5) is 0 Å². The summed E-state index contributed by atoms with van der Waals surface area (Å²) in [6, 6.07) is 5.51. The van der Waals surface area contributed by atoms with Crippen LogP contribution in [-0.4, -0.2) is 22.0 Å². The number of halogens is 1. The molecular weight excluding hydrogens is 264 g/mol. The van der Waals surface area contributed by atoms with E-state index in [-0.39, 0.29) is 6.61 Å². The number of benzene rings is 1. The summed E-state index contributed by atoms with van der Waals surface area (Å²) in [6.45, 7) is 4.41. The third-order valence-electron chi connectivity index (χ3n) is 3.25. The van der Waals surface area contributed by atoms with E-state index in [1.165, 1.54) is 0 Å². The number of methoxy groups -OCH3 is 1. The molecule has 0 amide bonds. The third kappa shape index (κ3) is 2.74. The molecule has 102 valence electrons. The van der Waals surface area contributed by atoms with Gasteiger partial charge in [0.1, 0.15) is 5.75 Å². The van der Waals surface area contributed by atoms with Crippen LogP contribution < -0.4 is 4.74 Å². The number of hydrogen-bond donors (Lipinski definition) is 1. The van der Waals surface area contributed by atoms with Crippen molar-refractivity contribution in [2.24, 2.45) is 0 Å². The van der Waals surface area contributed by atoms with Crippen molar-refractivity contribution in [1.29, 1.82) is 0 Å². The summed E-state index contributed by atoms with van der Waals surface area (Å²) in [5.74, 6) is 0.780. The lowest BCUT2D eigenvalue weighted by atomic mass is 10.2. The van der Waals surface area contributed by atoms with E-state index in [9.17, 15) is 5.11 Å². The van der Waals surface area contributed by atoms with E-state index in [1.807, 2.05) is 30.7 Å². The maximum absolute atomic E-state index is 9.32. The molecule has 0 fully saturated rings. The fourth-order valence-electron chi connectivity index (χ4n) is 2.15. The van der Waals surface area contributed by atoms with Gasteiger partial charge in [0.15, 0.2) is 0 Å². The van der Waals surface area contributed by atoms with Crippen LogP contribution in [0.5, 0.6) is 5.75 Å². The van der Waals surface area contributed by atoms with Crippen molar-refractivity contribution in [3.8, 4) is 5.75 Å². The Labute approximate surface area is 117 Å². The zero-order valence-corrected chi connectivity index (χ0v) is 12.0. The minimum Gasteiger partial charge on any atom is -0.496 e. The van der Waals surface area contributed by atoms with Gasteiger partial charge in [-0.15, -0.1) is 0 Å². The van der Waals surface area contributed by atoms with Crippen molar-refractivity contribution in [3.05, 3.63) is 45.7 Å². The van der Waals surface area contributed by atoms with Crippen molar-refractivity contribution in [2.45, 2.75) is 27.0 Å². The maximum Gasteiger partial charge on any atom is 0.124 e. The second kappa shape index (κ2) is 5.63. The smallest absolute Gasteiger partial charge is 0.124 e. The minimum atomic E-state index is 0.00431. The van der Waals surface area contributed by atoms with Gasteiger partial charge in [0.2, 0.25) is 0 Å². The highest BCUT2D eigenvalue weighted by atomic mass is 35.5. The molecule has 1 aromatic heterocycles. The van der Waals surface area contributed by atoms with E-state index in [0.717, 1.165) is 28.3 Å². The maximum atomic E-state index is 9.32. The monoisotopic (exact) mass is 280 g/mol. The van der Waals surface area contributed by atoms with Gasteiger partial charge < -0.3 is 9.84 Å². The van der Waals surface area contributed by atoms with Crippen molar-refractivity contribution in [1.82, 2.24) is 9.78 Å². The molecule has 0 saturated carbocycles. The van der Waals surface area contributed by atoms with E-state index in [2.05, 4.69) is 5.10 Å². The second-order valence-corrected chi connectivity index (χ2v) is 4.86. The summed E-state index contributed by atoms with van der Waals surface area (Å²) in [6.07, 6.45) is 0. The van der Waals surface area contributed by atoms with Crippen LogP contribution in [0, 0.1) is 13.8 Å². The SMILES string of the molecule is COc1ccc(Cl)cc1Cn1nc(C)c(CO)c1C. The molecule has 2 rings (SSSR count). The lowest BCUT2D eigenvalue weighted by Gasteiger charge is -2.10. The Bertz CT molecular complexity index is 593. The number of aliphatic hydroxyl groups excluding tert-OH is 1. The highest BCUT2D eigenvalue weighted by Crippen LogP contribution is 2.24. The quantitative estimate of drug-likeness (QED) is 0.937. The summed E-state index contributed by atoms with van der Waals surface area (Å²) < 4.78 is 7.18. The Morgan fingerprint density at radius 1 is 1.37 bits per heavy atom. The van der Waals surface area contributed by atoms with Crippen LogP contribution in [0.15, 0.2) is 18.2 Å². The Hall–Kier alpha value is -1.52. The molecule has 0 aliphatic heterocycles. The average molecular weight is 281 g/mol. The molecule has 0 spiro atoms.